The predicted octanol–water partition coefficient (Wildman–Crippen LogP) is 5.83. The summed E-state index contributed by atoms with van der Waals surface area (Å²) in [6, 6.07) is 9.22. The van der Waals surface area contributed by atoms with E-state index in [1.54, 1.807) is 43.3 Å². The van der Waals surface area contributed by atoms with E-state index < -0.39 is 16.1 Å². The molecule has 2 aromatic rings. The van der Waals surface area contributed by atoms with Crippen molar-refractivity contribution in [1.29, 1.82) is 0 Å². The first-order valence-electron chi connectivity index (χ1n) is 12.0. The molecule has 2 rings (SSSR count). The highest BCUT2D eigenvalue weighted by molar-refractivity contribution is 7.92. The van der Waals surface area contributed by atoms with Gasteiger partial charge in [-0.05, 0) is 69.0 Å². The summed E-state index contributed by atoms with van der Waals surface area (Å²) in [4.78, 5) is 28.0. The fourth-order valence-electron chi connectivity index (χ4n) is 3.97. The van der Waals surface area contributed by atoms with Crippen LogP contribution in [0.25, 0.3) is 0 Å². The third-order valence-electron chi connectivity index (χ3n) is 5.76. The smallest absolute Gasteiger partial charge is 0.243 e. The van der Waals surface area contributed by atoms with E-state index in [4.69, 9.17) is 34.8 Å². The van der Waals surface area contributed by atoms with Gasteiger partial charge in [0.15, 0.2) is 0 Å². The van der Waals surface area contributed by atoms with E-state index in [0.29, 0.717) is 32.7 Å². The standard InChI is InChI=1S/C26H34Cl3N3O4S/c1-6-23(26(34)30-17(2)3)31(16-19-10-12-20(27)14-22(19)29)25(33)8-7-13-32(37(5,35)36)24-15-21(28)11-9-18(24)4/h9-12,14-15,17,23H,6-8,13,16H2,1-5H3,(H,30,34). The molecule has 0 fully saturated rings. The van der Waals surface area contributed by atoms with Gasteiger partial charge in [-0.15, -0.1) is 0 Å². The highest BCUT2D eigenvalue weighted by Crippen LogP contribution is 2.27. The molecule has 0 aromatic heterocycles. The van der Waals surface area contributed by atoms with E-state index >= 15 is 0 Å². The predicted molar refractivity (Wildman–Crippen MR) is 152 cm³/mol. The van der Waals surface area contributed by atoms with Gasteiger partial charge in [-0.25, -0.2) is 8.42 Å². The summed E-state index contributed by atoms with van der Waals surface area (Å²) < 4.78 is 26.4. The maximum atomic E-state index is 13.5. The molecule has 2 amide bonds. The molecule has 37 heavy (non-hydrogen) atoms. The van der Waals surface area contributed by atoms with E-state index in [1.165, 1.54) is 9.21 Å². The van der Waals surface area contributed by atoms with Crippen LogP contribution in [-0.4, -0.2) is 50.0 Å². The molecule has 7 nitrogen and oxygen atoms in total. The number of amides is 2. The van der Waals surface area contributed by atoms with Crippen molar-refractivity contribution < 1.29 is 18.0 Å². The average molecular weight is 591 g/mol. The van der Waals surface area contributed by atoms with Crippen LogP contribution in [0.1, 0.15) is 51.2 Å². The molecule has 1 unspecified atom stereocenters. The average Bonchev–Trinajstić information content (AvgIpc) is 2.78. The summed E-state index contributed by atoms with van der Waals surface area (Å²) in [5.74, 6) is -0.545. The van der Waals surface area contributed by atoms with E-state index in [1.807, 2.05) is 20.8 Å². The molecule has 0 spiro atoms. The number of halogens is 3. The minimum atomic E-state index is -3.63. The van der Waals surface area contributed by atoms with Crippen LogP contribution in [0, 0.1) is 6.92 Å². The van der Waals surface area contributed by atoms with Gasteiger partial charge in [0.05, 0.1) is 11.9 Å². The number of rotatable bonds is 12. The Kier molecular flexibility index (Phi) is 11.6. The second kappa shape index (κ2) is 13.7. The third-order valence-corrected chi connectivity index (χ3v) is 7.77. The minimum absolute atomic E-state index is 0.0301. The molecule has 0 radical (unpaired) electrons. The summed E-state index contributed by atoms with van der Waals surface area (Å²) >= 11 is 18.5. The Hall–Kier alpha value is -2.00. The molecule has 0 bridgehead atoms. The lowest BCUT2D eigenvalue weighted by atomic mass is 10.1. The number of nitrogens with one attached hydrogen (secondary N) is 1. The topological polar surface area (TPSA) is 86.8 Å². The molecule has 0 aliphatic carbocycles. The van der Waals surface area contributed by atoms with Gasteiger partial charge < -0.3 is 10.2 Å². The molecule has 0 heterocycles. The largest absolute Gasteiger partial charge is 0.352 e. The van der Waals surface area contributed by atoms with E-state index in [9.17, 15) is 18.0 Å². The Morgan fingerprint density at radius 2 is 1.65 bits per heavy atom. The van der Waals surface area contributed by atoms with Crippen LogP contribution in [-0.2, 0) is 26.2 Å². The van der Waals surface area contributed by atoms with Gasteiger partial charge >= 0.3 is 0 Å². The Morgan fingerprint density at radius 3 is 2.22 bits per heavy atom. The van der Waals surface area contributed by atoms with Gasteiger partial charge in [0, 0.05) is 40.6 Å². The van der Waals surface area contributed by atoms with Gasteiger partial charge in [-0.1, -0.05) is 53.9 Å². The number of benzene rings is 2. The van der Waals surface area contributed by atoms with Gasteiger partial charge in [0.1, 0.15) is 6.04 Å². The highest BCUT2D eigenvalue weighted by Gasteiger charge is 2.30. The lowest BCUT2D eigenvalue weighted by Gasteiger charge is -2.32. The molecule has 1 N–H and O–H groups in total. The Bertz CT molecular complexity index is 1220. The van der Waals surface area contributed by atoms with Gasteiger partial charge in [-0.2, -0.15) is 0 Å². The second-order valence-corrected chi connectivity index (χ2v) is 12.4. The first kappa shape index (κ1) is 31.2. The van der Waals surface area contributed by atoms with E-state index in [2.05, 4.69) is 5.32 Å². The maximum Gasteiger partial charge on any atom is 0.243 e. The van der Waals surface area contributed by atoms with Gasteiger partial charge in [0.2, 0.25) is 21.8 Å². The second-order valence-electron chi connectivity index (χ2n) is 9.21. The molecule has 0 saturated carbocycles. The van der Waals surface area contributed by atoms with Crippen molar-refractivity contribution in [3.63, 3.8) is 0 Å². The molecule has 0 aliphatic heterocycles. The first-order chi connectivity index (χ1) is 17.2. The number of anilines is 1. The van der Waals surface area contributed by atoms with Gasteiger partial charge in [-0.3, -0.25) is 13.9 Å². The number of aryl methyl sites for hydroxylation is 1. The molecule has 1 atom stereocenters. The SMILES string of the molecule is CCC(C(=O)NC(C)C)N(Cc1ccc(Cl)cc1Cl)C(=O)CCCN(c1cc(Cl)ccc1C)S(C)(=O)=O. The fraction of sp³-hybridized carbons (Fsp3) is 0.462. The zero-order valence-electron chi connectivity index (χ0n) is 21.7. The zero-order valence-corrected chi connectivity index (χ0v) is 24.8. The van der Waals surface area contributed by atoms with Crippen LogP contribution < -0.4 is 9.62 Å². The lowest BCUT2D eigenvalue weighted by molar-refractivity contribution is -0.141. The molecular formula is C26H34Cl3N3O4S. The van der Waals surface area contributed by atoms with Crippen molar-refractivity contribution in [2.75, 3.05) is 17.1 Å². The number of hydrogen-bond acceptors (Lipinski definition) is 4. The van der Waals surface area contributed by atoms with Crippen molar-refractivity contribution in [2.45, 2.75) is 65.6 Å². The molecular weight excluding hydrogens is 557 g/mol. The van der Waals surface area contributed by atoms with Crippen LogP contribution in [0.15, 0.2) is 36.4 Å². The summed E-state index contributed by atoms with van der Waals surface area (Å²) in [5.41, 5.74) is 1.87. The van der Waals surface area contributed by atoms with Crippen LogP contribution in [0.2, 0.25) is 15.1 Å². The van der Waals surface area contributed by atoms with Crippen LogP contribution in [0.5, 0.6) is 0 Å². The third kappa shape index (κ3) is 9.06. The quantitative estimate of drug-likeness (QED) is 0.337. The Balaban J connectivity index is 2.29. The highest BCUT2D eigenvalue weighted by atomic mass is 35.5. The molecule has 0 aliphatic rings. The van der Waals surface area contributed by atoms with Crippen LogP contribution in [0.3, 0.4) is 0 Å². The lowest BCUT2D eigenvalue weighted by Crippen LogP contribution is -2.50. The zero-order chi connectivity index (χ0) is 27.9. The number of carbonyl (C=O) groups excluding carboxylic acids is 2. The number of hydrogen-bond donors (Lipinski definition) is 1. The summed E-state index contributed by atoms with van der Waals surface area (Å²) in [7, 11) is -3.63. The molecule has 204 valence electrons. The fourth-order valence-corrected chi connectivity index (χ4v) is 5.62. The molecule has 11 heteroatoms. The molecule has 2 aromatic carbocycles. The summed E-state index contributed by atoms with van der Waals surface area (Å²) in [6.07, 6.45) is 1.79. The number of nitrogens with zero attached hydrogens (tertiary/aromatic N) is 2. The van der Waals surface area contributed by atoms with E-state index in [-0.39, 0.29) is 43.8 Å². The normalized spacial score (nSPS) is 12.4. The van der Waals surface area contributed by atoms with Crippen LogP contribution >= 0.6 is 34.8 Å². The van der Waals surface area contributed by atoms with Crippen molar-refractivity contribution in [3.05, 3.63) is 62.6 Å². The van der Waals surface area contributed by atoms with Gasteiger partial charge in [0.25, 0.3) is 0 Å². The number of carbonyl (C=O) groups is 2. The van der Waals surface area contributed by atoms with Crippen molar-refractivity contribution in [3.8, 4) is 0 Å². The Morgan fingerprint density at radius 1 is 1.03 bits per heavy atom. The van der Waals surface area contributed by atoms with E-state index in [0.717, 1.165) is 11.8 Å². The van der Waals surface area contributed by atoms with Crippen molar-refractivity contribution in [1.82, 2.24) is 10.2 Å². The minimum Gasteiger partial charge on any atom is -0.352 e. The summed E-state index contributed by atoms with van der Waals surface area (Å²) in [6.45, 7) is 7.53. The Labute approximate surface area is 235 Å². The maximum absolute atomic E-state index is 13.5. The van der Waals surface area contributed by atoms with Crippen molar-refractivity contribution in [2.24, 2.45) is 0 Å². The van der Waals surface area contributed by atoms with Crippen LogP contribution in [0.4, 0.5) is 5.69 Å². The number of sulfonamides is 1. The summed E-state index contributed by atoms with van der Waals surface area (Å²) in [5, 5.41) is 4.15. The van der Waals surface area contributed by atoms with Crippen molar-refractivity contribution >= 4 is 62.3 Å². The first-order valence-corrected chi connectivity index (χ1v) is 15.0. The molecule has 0 saturated heterocycles. The monoisotopic (exact) mass is 589 g/mol.